The van der Waals surface area contributed by atoms with Gasteiger partial charge in [0, 0.05) is 31.7 Å². The summed E-state index contributed by atoms with van der Waals surface area (Å²) in [6, 6.07) is 0.0692. The fourth-order valence-corrected chi connectivity index (χ4v) is 7.93. The molecule has 6 rings (SSSR count). The number of likely N-dealkylation sites (tertiary alicyclic amines) is 1. The molecule has 6 aliphatic rings. The lowest BCUT2D eigenvalue weighted by Crippen LogP contribution is -2.61. The maximum atomic E-state index is 12.5. The molecule has 3 N–H and O–H groups in total. The fraction of sp³-hybridized carbons (Fsp3) is 0.917. The lowest BCUT2D eigenvalue weighted by atomic mass is 9.53. The van der Waals surface area contributed by atoms with E-state index < -0.39 is 0 Å². The van der Waals surface area contributed by atoms with Crippen LogP contribution in [0.25, 0.3) is 0 Å². The summed E-state index contributed by atoms with van der Waals surface area (Å²) in [4.78, 5) is 27.0. The summed E-state index contributed by atoms with van der Waals surface area (Å²) in [6.45, 7) is 3.07. The first-order valence-electron chi connectivity index (χ1n) is 12.7. The van der Waals surface area contributed by atoms with Crippen molar-refractivity contribution in [1.82, 2.24) is 20.9 Å². The van der Waals surface area contributed by atoms with Gasteiger partial charge in [0.1, 0.15) is 0 Å². The largest absolute Gasteiger partial charge is 0.338 e. The molecule has 0 radical (unpaired) electrons. The van der Waals surface area contributed by atoms with E-state index in [0.29, 0.717) is 19.0 Å². The quantitative estimate of drug-likeness (QED) is 0.595. The zero-order valence-electron chi connectivity index (χ0n) is 18.5. The first-order chi connectivity index (χ1) is 14.6. The molecular weight excluding hydrogens is 376 g/mol. The lowest BCUT2D eigenvalue weighted by Gasteiger charge is -2.56. The molecule has 30 heavy (non-hydrogen) atoms. The third kappa shape index (κ3) is 4.43. The molecule has 1 aliphatic heterocycles. The van der Waals surface area contributed by atoms with Gasteiger partial charge in [-0.25, -0.2) is 9.59 Å². The van der Waals surface area contributed by atoms with Crippen molar-refractivity contribution < 1.29 is 9.59 Å². The van der Waals surface area contributed by atoms with E-state index in [1.807, 2.05) is 4.90 Å². The zero-order chi connectivity index (χ0) is 20.6. The topological polar surface area (TPSA) is 73.5 Å². The first-order valence-corrected chi connectivity index (χ1v) is 12.7. The van der Waals surface area contributed by atoms with Gasteiger partial charge in [-0.2, -0.15) is 0 Å². The second-order valence-corrected chi connectivity index (χ2v) is 11.2. The highest BCUT2D eigenvalue weighted by atomic mass is 16.2. The van der Waals surface area contributed by atoms with Crippen molar-refractivity contribution in [3.8, 4) is 0 Å². The molecule has 0 aromatic rings. The molecule has 6 fully saturated rings. The van der Waals surface area contributed by atoms with Crippen molar-refractivity contribution in [2.45, 2.75) is 82.6 Å². The maximum absolute atomic E-state index is 12.5. The number of amides is 4. The molecule has 2 atom stereocenters. The van der Waals surface area contributed by atoms with Gasteiger partial charge in [0.2, 0.25) is 0 Å². The molecule has 1 saturated heterocycles. The normalized spacial score (nSPS) is 39.3. The van der Waals surface area contributed by atoms with Crippen LogP contribution in [0.3, 0.4) is 0 Å². The molecule has 4 amide bonds. The third-order valence-electron chi connectivity index (χ3n) is 8.91. The molecular formula is C24H40N4O2. The van der Waals surface area contributed by atoms with Gasteiger partial charge in [0.05, 0.1) is 0 Å². The molecule has 6 nitrogen and oxygen atoms in total. The van der Waals surface area contributed by atoms with Crippen LogP contribution >= 0.6 is 0 Å². The van der Waals surface area contributed by atoms with Gasteiger partial charge in [-0.05, 0) is 87.4 Å². The first kappa shape index (κ1) is 20.4. The number of hydrogen-bond acceptors (Lipinski definition) is 2. The summed E-state index contributed by atoms with van der Waals surface area (Å²) in [7, 11) is 0. The van der Waals surface area contributed by atoms with E-state index in [0.717, 1.165) is 43.2 Å². The van der Waals surface area contributed by atoms with Gasteiger partial charge in [-0.15, -0.1) is 0 Å². The summed E-state index contributed by atoms with van der Waals surface area (Å²) in [5.41, 5.74) is 0.0677. The Morgan fingerprint density at radius 1 is 0.833 bits per heavy atom. The number of nitrogens with zero attached hydrogens (tertiary/aromatic N) is 1. The third-order valence-corrected chi connectivity index (χ3v) is 8.91. The molecule has 1 heterocycles. The lowest BCUT2D eigenvalue weighted by molar-refractivity contribution is -0.0135. The van der Waals surface area contributed by atoms with Crippen LogP contribution in [0.2, 0.25) is 0 Å². The molecule has 2 unspecified atom stereocenters. The van der Waals surface area contributed by atoms with Gasteiger partial charge < -0.3 is 20.9 Å². The minimum Gasteiger partial charge on any atom is -0.338 e. The molecule has 168 valence electrons. The van der Waals surface area contributed by atoms with E-state index in [9.17, 15) is 9.59 Å². The Morgan fingerprint density at radius 3 is 2.17 bits per heavy atom. The highest BCUT2D eigenvalue weighted by Crippen LogP contribution is 2.55. The SMILES string of the molecule is O=C(NCCCNC(=O)N1CCC2CCCCC2C1)NC12CC3CC(CC(C3)C1)C2. The van der Waals surface area contributed by atoms with Crippen molar-refractivity contribution >= 4 is 12.1 Å². The second-order valence-electron chi connectivity index (χ2n) is 11.2. The number of nitrogens with one attached hydrogen (secondary N) is 3. The van der Waals surface area contributed by atoms with Gasteiger partial charge in [-0.3, -0.25) is 0 Å². The zero-order valence-corrected chi connectivity index (χ0v) is 18.5. The average molecular weight is 417 g/mol. The number of urea groups is 2. The molecule has 0 aromatic heterocycles. The van der Waals surface area contributed by atoms with Crippen LogP contribution in [0.15, 0.2) is 0 Å². The summed E-state index contributed by atoms with van der Waals surface area (Å²) >= 11 is 0. The molecule has 6 heteroatoms. The summed E-state index contributed by atoms with van der Waals surface area (Å²) < 4.78 is 0. The minimum absolute atomic E-state index is 0.0114. The Hall–Kier alpha value is -1.46. The van der Waals surface area contributed by atoms with Crippen LogP contribution in [0.1, 0.15) is 77.0 Å². The minimum atomic E-state index is -0.0114. The fourth-order valence-electron chi connectivity index (χ4n) is 7.93. The van der Waals surface area contributed by atoms with E-state index in [1.54, 1.807) is 0 Å². The van der Waals surface area contributed by atoms with Crippen LogP contribution < -0.4 is 16.0 Å². The van der Waals surface area contributed by atoms with Crippen LogP contribution in [-0.4, -0.2) is 48.7 Å². The van der Waals surface area contributed by atoms with E-state index in [4.69, 9.17) is 0 Å². The Labute approximate surface area is 181 Å². The predicted octanol–water partition coefficient (Wildman–Crippen LogP) is 3.87. The van der Waals surface area contributed by atoms with Crippen molar-refractivity contribution in [2.24, 2.45) is 29.6 Å². The Kier molecular flexibility index (Phi) is 5.85. The number of fused-ring (bicyclic) bond motifs is 1. The smallest absolute Gasteiger partial charge is 0.317 e. The van der Waals surface area contributed by atoms with Gasteiger partial charge in [0.25, 0.3) is 0 Å². The molecule has 5 aliphatic carbocycles. The summed E-state index contributed by atoms with van der Waals surface area (Å²) in [6.07, 6.45) is 15.0. The van der Waals surface area contributed by atoms with E-state index >= 15 is 0 Å². The van der Waals surface area contributed by atoms with Crippen molar-refractivity contribution in [3.63, 3.8) is 0 Å². The molecule has 4 bridgehead atoms. The van der Waals surface area contributed by atoms with Crippen LogP contribution in [0.5, 0.6) is 0 Å². The average Bonchev–Trinajstić information content (AvgIpc) is 2.71. The van der Waals surface area contributed by atoms with Gasteiger partial charge in [0.15, 0.2) is 0 Å². The highest BCUT2D eigenvalue weighted by Gasteiger charge is 2.51. The Balaban J connectivity index is 0.978. The monoisotopic (exact) mass is 416 g/mol. The number of carbonyl (C=O) groups is 2. The standard InChI is InChI=1S/C24H40N4O2/c29-22(27-24-13-17-10-18(14-24)12-19(11-17)15-24)25-7-3-8-26-23(30)28-9-6-20-4-1-2-5-21(20)16-28/h17-21H,1-16H2,(H,26,30)(H2,25,27,29). The Bertz CT molecular complexity index is 616. The van der Waals surface area contributed by atoms with Crippen LogP contribution in [0.4, 0.5) is 9.59 Å². The highest BCUT2D eigenvalue weighted by molar-refractivity contribution is 5.75. The second kappa shape index (κ2) is 8.58. The van der Waals surface area contributed by atoms with E-state index in [2.05, 4.69) is 16.0 Å². The van der Waals surface area contributed by atoms with Gasteiger partial charge in [-0.1, -0.05) is 19.3 Å². The number of piperidine rings is 1. The van der Waals surface area contributed by atoms with E-state index in [-0.39, 0.29) is 17.6 Å². The number of rotatable bonds is 5. The molecule has 5 saturated carbocycles. The molecule has 0 spiro atoms. The molecule has 0 aromatic carbocycles. The summed E-state index contributed by atoms with van der Waals surface area (Å²) in [5, 5.41) is 9.45. The predicted molar refractivity (Wildman–Crippen MR) is 117 cm³/mol. The van der Waals surface area contributed by atoms with Gasteiger partial charge >= 0.3 is 12.1 Å². The van der Waals surface area contributed by atoms with Crippen molar-refractivity contribution in [3.05, 3.63) is 0 Å². The van der Waals surface area contributed by atoms with Crippen molar-refractivity contribution in [1.29, 1.82) is 0 Å². The summed E-state index contributed by atoms with van der Waals surface area (Å²) in [5.74, 6) is 4.08. The Morgan fingerprint density at radius 2 is 1.47 bits per heavy atom. The number of carbonyl (C=O) groups excluding carboxylic acids is 2. The number of hydrogen-bond donors (Lipinski definition) is 3. The maximum Gasteiger partial charge on any atom is 0.317 e. The van der Waals surface area contributed by atoms with Crippen LogP contribution in [-0.2, 0) is 0 Å². The van der Waals surface area contributed by atoms with Crippen molar-refractivity contribution in [2.75, 3.05) is 26.2 Å². The van der Waals surface area contributed by atoms with E-state index in [1.165, 1.54) is 70.6 Å². The van der Waals surface area contributed by atoms with Crippen LogP contribution in [0, 0.1) is 29.6 Å².